The third kappa shape index (κ3) is 4.92. The van der Waals surface area contributed by atoms with Gasteiger partial charge < -0.3 is 15.3 Å². The highest BCUT2D eigenvalue weighted by molar-refractivity contribution is 5.94. The average molecular weight is 323 g/mol. The van der Waals surface area contributed by atoms with E-state index in [-0.39, 0.29) is 0 Å². The van der Waals surface area contributed by atoms with Gasteiger partial charge in [-0.05, 0) is 55.9 Å². The number of likely N-dealkylation sites (N-methyl/N-ethyl adjacent to an activating group) is 1. The fourth-order valence-corrected chi connectivity index (χ4v) is 2.21. The van der Waals surface area contributed by atoms with Gasteiger partial charge in [0.25, 0.3) is 5.91 Å². The van der Waals surface area contributed by atoms with Crippen LogP contribution in [0, 0.1) is 11.3 Å². The van der Waals surface area contributed by atoms with Crippen molar-refractivity contribution in [3.63, 3.8) is 0 Å². The van der Waals surface area contributed by atoms with Gasteiger partial charge in [-0.1, -0.05) is 24.3 Å². The normalized spacial score (nSPS) is 11.8. The third-order valence-corrected chi connectivity index (χ3v) is 3.67. The number of aliphatic hydroxyl groups excluding tert-OH is 1. The zero-order valence-electron chi connectivity index (χ0n) is 13.9. The molecule has 0 spiro atoms. The Labute approximate surface area is 142 Å². The average Bonchev–Trinajstić information content (AvgIpc) is 2.60. The summed E-state index contributed by atoms with van der Waals surface area (Å²) in [5, 5.41) is 21.6. The highest BCUT2D eigenvalue weighted by Gasteiger charge is 2.17. The van der Waals surface area contributed by atoms with Crippen LogP contribution in [-0.2, 0) is 11.2 Å². The topological polar surface area (TPSA) is 76.4 Å². The Hall–Kier alpha value is -2.68. The Balaban J connectivity index is 1.96. The molecule has 24 heavy (non-hydrogen) atoms. The number of benzene rings is 2. The van der Waals surface area contributed by atoms with Crippen molar-refractivity contribution in [1.82, 2.24) is 4.90 Å². The Bertz CT molecular complexity index is 716. The van der Waals surface area contributed by atoms with E-state index in [4.69, 9.17) is 5.26 Å². The van der Waals surface area contributed by atoms with E-state index in [1.807, 2.05) is 44.4 Å². The number of nitrogens with one attached hydrogen (secondary N) is 1. The van der Waals surface area contributed by atoms with Crippen LogP contribution in [0.1, 0.15) is 22.8 Å². The van der Waals surface area contributed by atoms with Crippen LogP contribution < -0.4 is 5.32 Å². The summed E-state index contributed by atoms with van der Waals surface area (Å²) in [5.41, 5.74) is 2.77. The van der Waals surface area contributed by atoms with E-state index >= 15 is 0 Å². The molecule has 0 aromatic heterocycles. The van der Waals surface area contributed by atoms with E-state index in [1.165, 1.54) is 5.56 Å². The van der Waals surface area contributed by atoms with Crippen molar-refractivity contribution in [3.05, 3.63) is 65.2 Å². The van der Waals surface area contributed by atoms with Crippen molar-refractivity contribution >= 4 is 11.6 Å². The number of rotatable bonds is 6. The third-order valence-electron chi connectivity index (χ3n) is 3.67. The minimum absolute atomic E-state index is 0.453. The van der Waals surface area contributed by atoms with Crippen molar-refractivity contribution in [2.45, 2.75) is 12.5 Å². The molecular formula is C19H21N3O2. The molecule has 5 heteroatoms. The number of nitriles is 1. The summed E-state index contributed by atoms with van der Waals surface area (Å²) >= 11 is 0. The molecule has 0 saturated heterocycles. The number of nitrogens with zero attached hydrogens (tertiary/aromatic N) is 2. The molecule has 0 aliphatic heterocycles. The van der Waals surface area contributed by atoms with Gasteiger partial charge in [0.05, 0.1) is 11.6 Å². The lowest BCUT2D eigenvalue weighted by atomic mass is 10.1. The van der Waals surface area contributed by atoms with E-state index in [1.54, 1.807) is 24.3 Å². The van der Waals surface area contributed by atoms with Crippen LogP contribution in [0.4, 0.5) is 5.69 Å². The van der Waals surface area contributed by atoms with Crippen LogP contribution in [0.3, 0.4) is 0 Å². The molecule has 5 nitrogen and oxygen atoms in total. The van der Waals surface area contributed by atoms with Gasteiger partial charge in [0.15, 0.2) is 6.10 Å². The van der Waals surface area contributed by atoms with Crippen LogP contribution in [0.25, 0.3) is 0 Å². The largest absolute Gasteiger partial charge is 0.378 e. The molecule has 1 atom stereocenters. The lowest BCUT2D eigenvalue weighted by Gasteiger charge is -2.13. The molecule has 2 aromatic rings. The van der Waals surface area contributed by atoms with Gasteiger partial charge in [0.1, 0.15) is 0 Å². The van der Waals surface area contributed by atoms with Gasteiger partial charge in [-0.3, -0.25) is 4.79 Å². The Morgan fingerprint density at radius 2 is 1.79 bits per heavy atom. The maximum atomic E-state index is 12.1. The minimum atomic E-state index is -1.27. The molecule has 0 saturated carbocycles. The predicted molar refractivity (Wildman–Crippen MR) is 93.4 cm³/mol. The van der Waals surface area contributed by atoms with E-state index in [0.29, 0.717) is 16.8 Å². The molecule has 0 heterocycles. The van der Waals surface area contributed by atoms with Gasteiger partial charge in [-0.25, -0.2) is 0 Å². The van der Waals surface area contributed by atoms with Gasteiger partial charge in [0, 0.05) is 12.2 Å². The SMILES string of the molecule is CN(C)CCc1ccc(NC(=O)C(O)c2ccc(C#N)cc2)cc1. The second kappa shape index (κ2) is 8.25. The Morgan fingerprint density at radius 1 is 1.17 bits per heavy atom. The highest BCUT2D eigenvalue weighted by Crippen LogP contribution is 2.17. The first-order chi connectivity index (χ1) is 11.5. The summed E-state index contributed by atoms with van der Waals surface area (Å²) in [6, 6.07) is 15.9. The molecule has 2 rings (SSSR count). The number of amides is 1. The maximum Gasteiger partial charge on any atom is 0.257 e. The number of aliphatic hydroxyl groups is 1. The van der Waals surface area contributed by atoms with Gasteiger partial charge >= 0.3 is 0 Å². The number of carbonyl (C=O) groups excluding carboxylic acids is 1. The first-order valence-electron chi connectivity index (χ1n) is 7.72. The Morgan fingerprint density at radius 3 is 2.33 bits per heavy atom. The molecule has 1 unspecified atom stereocenters. The van der Waals surface area contributed by atoms with Crippen LogP contribution in [0.15, 0.2) is 48.5 Å². The van der Waals surface area contributed by atoms with Gasteiger partial charge in [0.2, 0.25) is 0 Å². The van der Waals surface area contributed by atoms with E-state index in [0.717, 1.165) is 13.0 Å². The van der Waals surface area contributed by atoms with Crippen LogP contribution in [-0.4, -0.2) is 36.6 Å². The molecule has 0 aliphatic rings. The number of carbonyl (C=O) groups is 1. The zero-order chi connectivity index (χ0) is 17.5. The van der Waals surface area contributed by atoms with Crippen LogP contribution in [0.5, 0.6) is 0 Å². The van der Waals surface area contributed by atoms with E-state index < -0.39 is 12.0 Å². The minimum Gasteiger partial charge on any atom is -0.378 e. The molecule has 0 bridgehead atoms. The van der Waals surface area contributed by atoms with Crippen molar-refractivity contribution in [3.8, 4) is 6.07 Å². The summed E-state index contributed by atoms with van der Waals surface area (Å²) in [6.07, 6.45) is -0.332. The predicted octanol–water partition coefficient (Wildman–Crippen LogP) is 2.33. The highest BCUT2D eigenvalue weighted by atomic mass is 16.3. The van der Waals surface area contributed by atoms with Crippen molar-refractivity contribution in [2.24, 2.45) is 0 Å². The fraction of sp³-hybridized carbons (Fsp3) is 0.263. The summed E-state index contributed by atoms with van der Waals surface area (Å²) in [4.78, 5) is 14.2. The Kier molecular flexibility index (Phi) is 6.07. The lowest BCUT2D eigenvalue weighted by Crippen LogP contribution is -2.20. The van der Waals surface area contributed by atoms with Gasteiger partial charge in [-0.2, -0.15) is 5.26 Å². The first-order valence-corrected chi connectivity index (χ1v) is 7.72. The molecule has 2 N–H and O–H groups in total. The molecular weight excluding hydrogens is 302 g/mol. The number of hydrogen-bond acceptors (Lipinski definition) is 4. The van der Waals surface area contributed by atoms with Crippen LogP contribution >= 0.6 is 0 Å². The molecule has 2 aromatic carbocycles. The maximum absolute atomic E-state index is 12.1. The van der Waals surface area contributed by atoms with Crippen LogP contribution in [0.2, 0.25) is 0 Å². The second-order valence-corrected chi connectivity index (χ2v) is 5.88. The monoisotopic (exact) mass is 323 g/mol. The standard InChI is InChI=1S/C19H21N3O2/c1-22(2)12-11-14-5-9-17(10-6-14)21-19(24)18(23)16-7-3-15(13-20)4-8-16/h3-10,18,23H,11-12H2,1-2H3,(H,21,24). The summed E-state index contributed by atoms with van der Waals surface area (Å²) in [6.45, 7) is 0.961. The zero-order valence-corrected chi connectivity index (χ0v) is 13.9. The molecule has 0 radical (unpaired) electrons. The number of hydrogen-bond donors (Lipinski definition) is 2. The van der Waals surface area contributed by atoms with E-state index in [9.17, 15) is 9.90 Å². The van der Waals surface area contributed by atoms with E-state index in [2.05, 4.69) is 10.2 Å². The number of anilines is 1. The first kappa shape index (κ1) is 17.7. The quantitative estimate of drug-likeness (QED) is 0.855. The van der Waals surface area contributed by atoms with Gasteiger partial charge in [-0.15, -0.1) is 0 Å². The lowest BCUT2D eigenvalue weighted by molar-refractivity contribution is -0.124. The summed E-state index contributed by atoms with van der Waals surface area (Å²) < 4.78 is 0. The molecule has 1 amide bonds. The molecule has 0 fully saturated rings. The molecule has 0 aliphatic carbocycles. The second-order valence-electron chi connectivity index (χ2n) is 5.88. The summed E-state index contributed by atoms with van der Waals surface area (Å²) in [5.74, 6) is -0.499. The molecule has 124 valence electrons. The summed E-state index contributed by atoms with van der Waals surface area (Å²) in [7, 11) is 4.05. The van der Waals surface area contributed by atoms with Crippen molar-refractivity contribution in [2.75, 3.05) is 26.0 Å². The fourth-order valence-electron chi connectivity index (χ4n) is 2.21. The smallest absolute Gasteiger partial charge is 0.257 e. The van der Waals surface area contributed by atoms with Crippen molar-refractivity contribution in [1.29, 1.82) is 5.26 Å². The van der Waals surface area contributed by atoms with Crippen molar-refractivity contribution < 1.29 is 9.90 Å².